The van der Waals surface area contributed by atoms with Gasteiger partial charge in [0, 0.05) is 43.9 Å². The van der Waals surface area contributed by atoms with Crippen molar-refractivity contribution in [1.82, 2.24) is 19.5 Å². The fraction of sp³-hybridized carbons (Fsp3) is 0.0444. The molecule has 0 amide bonds. The monoisotopic (exact) mass is 642 g/mol. The molecule has 0 saturated heterocycles. The van der Waals surface area contributed by atoms with Gasteiger partial charge in [0.15, 0.2) is 17.5 Å². The third-order valence-electron chi connectivity index (χ3n) is 9.80. The fourth-order valence-electron chi connectivity index (χ4n) is 7.43. The van der Waals surface area contributed by atoms with Gasteiger partial charge in [-0.05, 0) is 60.4 Å². The number of nitrogens with zero attached hydrogens (tertiary/aromatic N) is 4. The summed E-state index contributed by atoms with van der Waals surface area (Å²) in [7, 11) is 0. The minimum atomic E-state index is 0.618. The third-order valence-corrected chi connectivity index (χ3v) is 9.80. The smallest absolute Gasteiger partial charge is 0.164 e. The van der Waals surface area contributed by atoms with Gasteiger partial charge >= 0.3 is 0 Å². The van der Waals surface area contributed by atoms with E-state index in [4.69, 9.17) is 19.4 Å². The van der Waals surface area contributed by atoms with Crippen LogP contribution in [0.3, 0.4) is 0 Å². The van der Waals surface area contributed by atoms with Crippen molar-refractivity contribution in [2.24, 2.45) is 0 Å². The maximum absolute atomic E-state index is 6.43. The van der Waals surface area contributed by atoms with Crippen LogP contribution in [0.1, 0.15) is 18.4 Å². The summed E-state index contributed by atoms with van der Waals surface area (Å²) in [6.45, 7) is 0. The summed E-state index contributed by atoms with van der Waals surface area (Å²) in [6.07, 6.45) is 6.47. The first-order valence-corrected chi connectivity index (χ1v) is 17.0. The molecule has 3 aromatic heterocycles. The van der Waals surface area contributed by atoms with E-state index in [2.05, 4.69) is 89.5 Å². The van der Waals surface area contributed by atoms with Gasteiger partial charge in [-0.2, -0.15) is 0 Å². The maximum atomic E-state index is 6.43. The molecule has 0 N–H and O–H groups in total. The molecule has 5 nitrogen and oxygen atoms in total. The van der Waals surface area contributed by atoms with Crippen molar-refractivity contribution in [2.45, 2.75) is 12.8 Å². The number of fused-ring (bicyclic) bond motifs is 6. The van der Waals surface area contributed by atoms with E-state index >= 15 is 0 Å². The van der Waals surface area contributed by atoms with Gasteiger partial charge in [0.2, 0.25) is 0 Å². The van der Waals surface area contributed by atoms with E-state index in [1.54, 1.807) is 0 Å². The average Bonchev–Trinajstić information content (AvgIpc) is 3.74. The summed E-state index contributed by atoms with van der Waals surface area (Å²) in [4.78, 5) is 15.0. The van der Waals surface area contributed by atoms with Crippen LogP contribution in [-0.4, -0.2) is 19.5 Å². The molecule has 0 bridgehead atoms. The van der Waals surface area contributed by atoms with Gasteiger partial charge < -0.3 is 8.98 Å². The van der Waals surface area contributed by atoms with Crippen LogP contribution in [-0.2, 0) is 0 Å². The van der Waals surface area contributed by atoms with Gasteiger partial charge in [0.1, 0.15) is 11.2 Å². The second-order valence-electron chi connectivity index (χ2n) is 12.7. The Hall–Kier alpha value is -6.59. The Labute approximate surface area is 288 Å². The van der Waals surface area contributed by atoms with Crippen LogP contribution >= 0.6 is 0 Å². The van der Waals surface area contributed by atoms with Crippen molar-refractivity contribution in [2.75, 3.05) is 0 Å². The Morgan fingerprint density at radius 3 is 1.72 bits per heavy atom. The van der Waals surface area contributed by atoms with Crippen molar-refractivity contribution in [1.29, 1.82) is 0 Å². The molecule has 9 aromatic rings. The van der Waals surface area contributed by atoms with Gasteiger partial charge in [0.25, 0.3) is 0 Å². The van der Waals surface area contributed by atoms with Gasteiger partial charge in [-0.25, -0.2) is 15.0 Å². The highest BCUT2D eigenvalue weighted by molar-refractivity contribution is 6.13. The van der Waals surface area contributed by atoms with Crippen molar-refractivity contribution < 1.29 is 4.42 Å². The predicted octanol–water partition coefficient (Wildman–Crippen LogP) is 11.6. The number of hydrogen-bond donors (Lipinski definition) is 0. The van der Waals surface area contributed by atoms with Crippen LogP contribution < -0.4 is 0 Å². The first-order valence-electron chi connectivity index (χ1n) is 17.0. The lowest BCUT2D eigenvalue weighted by molar-refractivity contribution is 0.669. The van der Waals surface area contributed by atoms with Crippen molar-refractivity contribution in [3.05, 3.63) is 163 Å². The molecule has 5 heteroatoms. The second-order valence-corrected chi connectivity index (χ2v) is 12.7. The van der Waals surface area contributed by atoms with Gasteiger partial charge in [-0.3, -0.25) is 0 Å². The Balaban J connectivity index is 1.10. The molecule has 0 radical (unpaired) electrons. The van der Waals surface area contributed by atoms with E-state index in [0.29, 0.717) is 17.5 Å². The molecule has 6 aromatic carbocycles. The SMILES string of the molecule is C1=C(c2ccc3oc4cccc(-c5nc(-c6ccccc6)nc(-c6ccccc6)n5)c4c3c2)CCC(n2c3ccccc3c3ccccc32)=C1. The van der Waals surface area contributed by atoms with E-state index in [1.807, 2.05) is 72.8 Å². The topological polar surface area (TPSA) is 56.7 Å². The first-order chi connectivity index (χ1) is 24.8. The van der Waals surface area contributed by atoms with E-state index in [9.17, 15) is 0 Å². The van der Waals surface area contributed by atoms with Crippen LogP contribution in [0.5, 0.6) is 0 Å². The van der Waals surface area contributed by atoms with E-state index < -0.39 is 0 Å². The van der Waals surface area contributed by atoms with Crippen LogP contribution in [0, 0.1) is 0 Å². The summed E-state index contributed by atoms with van der Waals surface area (Å²) < 4.78 is 8.86. The molecule has 0 fully saturated rings. The lowest BCUT2D eigenvalue weighted by atomic mass is 9.94. The zero-order valence-corrected chi connectivity index (χ0v) is 27.1. The second kappa shape index (κ2) is 11.5. The summed E-state index contributed by atoms with van der Waals surface area (Å²) in [5.41, 5.74) is 10.8. The van der Waals surface area contributed by atoms with Gasteiger partial charge in [-0.1, -0.05) is 121 Å². The zero-order valence-electron chi connectivity index (χ0n) is 27.1. The molecule has 1 aliphatic rings. The molecule has 3 heterocycles. The van der Waals surface area contributed by atoms with Crippen LogP contribution in [0.15, 0.2) is 162 Å². The van der Waals surface area contributed by atoms with E-state index in [0.717, 1.165) is 51.5 Å². The minimum Gasteiger partial charge on any atom is -0.456 e. The number of allylic oxidation sites excluding steroid dienone is 4. The normalized spacial score (nSPS) is 13.3. The van der Waals surface area contributed by atoms with Crippen LogP contribution in [0.4, 0.5) is 0 Å². The van der Waals surface area contributed by atoms with Crippen LogP contribution in [0.25, 0.3) is 89.2 Å². The third kappa shape index (κ3) is 4.66. The van der Waals surface area contributed by atoms with Gasteiger partial charge in [-0.15, -0.1) is 0 Å². The Bertz CT molecular complexity index is 2700. The number of para-hydroxylation sites is 2. The highest BCUT2D eigenvalue weighted by Gasteiger charge is 2.20. The molecular weight excluding hydrogens is 613 g/mol. The largest absolute Gasteiger partial charge is 0.456 e. The lowest BCUT2D eigenvalue weighted by Gasteiger charge is -2.18. The van der Waals surface area contributed by atoms with Gasteiger partial charge in [0.05, 0.1) is 11.0 Å². The number of aromatic nitrogens is 4. The van der Waals surface area contributed by atoms with Crippen molar-refractivity contribution >= 4 is 55.0 Å². The average molecular weight is 643 g/mol. The first kappa shape index (κ1) is 28.4. The van der Waals surface area contributed by atoms with Crippen molar-refractivity contribution in [3.8, 4) is 34.2 Å². The Morgan fingerprint density at radius 2 is 1.08 bits per heavy atom. The summed E-state index contributed by atoms with van der Waals surface area (Å²) >= 11 is 0. The highest BCUT2D eigenvalue weighted by Crippen LogP contribution is 2.40. The Morgan fingerprint density at radius 1 is 0.460 bits per heavy atom. The van der Waals surface area contributed by atoms with E-state index in [-0.39, 0.29) is 0 Å². The predicted molar refractivity (Wildman–Crippen MR) is 204 cm³/mol. The quantitative estimate of drug-likeness (QED) is 0.187. The molecule has 0 atom stereocenters. The fourth-order valence-corrected chi connectivity index (χ4v) is 7.43. The van der Waals surface area contributed by atoms with E-state index in [1.165, 1.54) is 38.6 Å². The Kier molecular flexibility index (Phi) is 6.56. The summed E-state index contributed by atoms with van der Waals surface area (Å²) in [6, 6.07) is 50.2. The summed E-state index contributed by atoms with van der Waals surface area (Å²) in [5.74, 6) is 1.89. The molecule has 1 aliphatic carbocycles. The standard InChI is InChI=1S/C45H30N4O/c1-3-12-30(13-4-1)43-46-44(31-14-5-2-6-15-31)48-45(47-43)36-18-11-21-41-42(36)37-28-32(24-27-40(37)50-41)29-22-25-33(26-23-29)49-38-19-9-7-16-34(38)35-17-8-10-20-39(35)49/h1-22,24-25,27-28H,23,26H2. The number of benzene rings is 6. The molecular formula is C45H30N4O. The van der Waals surface area contributed by atoms with Crippen LogP contribution in [0.2, 0.25) is 0 Å². The molecule has 0 saturated carbocycles. The zero-order chi connectivity index (χ0) is 33.0. The summed E-state index contributed by atoms with van der Waals surface area (Å²) in [5, 5.41) is 4.63. The lowest BCUT2D eigenvalue weighted by Crippen LogP contribution is -2.01. The molecule has 0 unspecified atom stereocenters. The molecule has 50 heavy (non-hydrogen) atoms. The maximum Gasteiger partial charge on any atom is 0.164 e. The van der Waals surface area contributed by atoms with Crippen molar-refractivity contribution in [3.63, 3.8) is 0 Å². The minimum absolute atomic E-state index is 0.618. The highest BCUT2D eigenvalue weighted by atomic mass is 16.3. The molecule has 0 aliphatic heterocycles. The number of hydrogen-bond acceptors (Lipinski definition) is 4. The molecule has 10 rings (SSSR count). The molecule has 0 spiro atoms. The number of furan rings is 1. The molecule has 236 valence electrons. The number of rotatable bonds is 5.